The molecule has 0 aliphatic rings. The van der Waals surface area contributed by atoms with E-state index in [1.807, 2.05) is 0 Å². The quantitative estimate of drug-likeness (QED) is 0.609. The van der Waals surface area contributed by atoms with Crippen molar-refractivity contribution >= 4 is 34.8 Å². The monoisotopic (exact) mass is 246 g/mol. The first-order chi connectivity index (χ1) is 6.97. The minimum absolute atomic E-state index is 0.0926. The number of carbonyl (C=O) groups is 2. The second-order valence-electron chi connectivity index (χ2n) is 2.85. The Morgan fingerprint density at radius 3 is 2.27 bits per heavy atom. The van der Waals surface area contributed by atoms with Crippen LogP contribution in [0.2, 0.25) is 10.0 Å². The van der Waals surface area contributed by atoms with Gasteiger partial charge in [0, 0.05) is 18.6 Å². The van der Waals surface area contributed by atoms with Crippen LogP contribution in [0.3, 0.4) is 0 Å². The van der Waals surface area contributed by atoms with Gasteiger partial charge >= 0.3 is 0 Å². The van der Waals surface area contributed by atoms with Crippen LogP contribution in [0, 0.1) is 0 Å². The highest BCUT2D eigenvalue weighted by Crippen LogP contribution is 2.31. The van der Waals surface area contributed by atoms with Crippen LogP contribution in [0.4, 0.5) is 0 Å². The van der Waals surface area contributed by atoms with Crippen molar-refractivity contribution < 1.29 is 14.3 Å². The van der Waals surface area contributed by atoms with Crippen molar-refractivity contribution in [3.8, 4) is 5.75 Å². The summed E-state index contributed by atoms with van der Waals surface area (Å²) in [5.74, 6) is -0.885. The first-order valence-corrected chi connectivity index (χ1v) is 4.81. The third-order valence-corrected chi connectivity index (χ3v) is 2.41. The molecule has 0 atom stereocenters. The van der Waals surface area contributed by atoms with Gasteiger partial charge in [-0.15, -0.1) is 0 Å². The van der Waals surface area contributed by atoms with E-state index in [0.717, 1.165) is 0 Å². The van der Waals surface area contributed by atoms with Crippen molar-refractivity contribution in [1.29, 1.82) is 0 Å². The maximum absolute atomic E-state index is 11.4. The predicted octanol–water partition coefficient (Wildman–Crippen LogP) is 2.77. The van der Waals surface area contributed by atoms with Gasteiger partial charge < -0.3 is 4.74 Å². The molecule has 0 fully saturated rings. The molecule has 0 unspecified atom stereocenters. The van der Waals surface area contributed by atoms with Gasteiger partial charge in [0.2, 0.25) is 5.78 Å². The summed E-state index contributed by atoms with van der Waals surface area (Å²) in [6.45, 7) is 1.18. The lowest BCUT2D eigenvalue weighted by molar-refractivity contribution is -0.113. The number of hydrogen-bond donors (Lipinski definition) is 0. The molecule has 0 heterocycles. The Morgan fingerprint density at radius 1 is 1.20 bits per heavy atom. The maximum atomic E-state index is 11.4. The van der Waals surface area contributed by atoms with Gasteiger partial charge in [-0.2, -0.15) is 0 Å². The molecule has 5 heteroatoms. The van der Waals surface area contributed by atoms with Crippen molar-refractivity contribution in [3.63, 3.8) is 0 Å². The fourth-order valence-electron chi connectivity index (χ4n) is 1.05. The predicted molar refractivity (Wildman–Crippen MR) is 58.0 cm³/mol. The highest BCUT2D eigenvalue weighted by Gasteiger charge is 2.17. The van der Waals surface area contributed by atoms with E-state index < -0.39 is 11.6 Å². The van der Waals surface area contributed by atoms with Crippen LogP contribution in [-0.4, -0.2) is 18.7 Å². The zero-order valence-electron chi connectivity index (χ0n) is 8.14. The van der Waals surface area contributed by atoms with E-state index in [-0.39, 0.29) is 15.6 Å². The number of ether oxygens (including phenoxy) is 1. The molecule has 1 aromatic rings. The van der Waals surface area contributed by atoms with Gasteiger partial charge in [-0.3, -0.25) is 9.59 Å². The summed E-state index contributed by atoms with van der Waals surface area (Å²) in [4.78, 5) is 22.3. The van der Waals surface area contributed by atoms with Crippen LogP contribution in [0.5, 0.6) is 5.75 Å². The number of benzene rings is 1. The zero-order valence-corrected chi connectivity index (χ0v) is 9.65. The molecule has 1 aromatic carbocycles. The molecular weight excluding hydrogens is 239 g/mol. The first-order valence-electron chi connectivity index (χ1n) is 4.05. The molecule has 80 valence electrons. The number of hydrogen-bond acceptors (Lipinski definition) is 3. The highest BCUT2D eigenvalue weighted by molar-refractivity contribution is 6.47. The van der Waals surface area contributed by atoms with Crippen LogP contribution in [-0.2, 0) is 4.79 Å². The van der Waals surface area contributed by atoms with Crippen LogP contribution < -0.4 is 4.74 Å². The molecular formula is C10H8Cl2O3. The van der Waals surface area contributed by atoms with E-state index in [2.05, 4.69) is 0 Å². The second kappa shape index (κ2) is 4.64. The first kappa shape index (κ1) is 12.0. The summed E-state index contributed by atoms with van der Waals surface area (Å²) in [6.07, 6.45) is 0. The summed E-state index contributed by atoms with van der Waals surface area (Å²) in [5, 5.41) is 0.392. The Morgan fingerprint density at radius 2 is 1.80 bits per heavy atom. The van der Waals surface area contributed by atoms with Crippen LogP contribution in [0.1, 0.15) is 17.3 Å². The van der Waals surface area contributed by atoms with Gasteiger partial charge in [-0.1, -0.05) is 23.2 Å². The third kappa shape index (κ3) is 2.49. The van der Waals surface area contributed by atoms with Gasteiger partial charge in [0.25, 0.3) is 0 Å². The largest absolute Gasteiger partial charge is 0.495 e. The highest BCUT2D eigenvalue weighted by atomic mass is 35.5. The Kier molecular flexibility index (Phi) is 3.72. The standard InChI is InChI=1S/C10H8Cl2O3/c1-5(13)10(14)6-3-8(12)9(15-2)4-7(6)11/h3-4H,1-2H3. The lowest BCUT2D eigenvalue weighted by atomic mass is 10.1. The molecule has 0 aliphatic heterocycles. The Balaban J connectivity index is 3.28. The van der Waals surface area contributed by atoms with Gasteiger partial charge in [0.05, 0.1) is 17.2 Å². The molecule has 0 saturated heterocycles. The molecule has 0 aromatic heterocycles. The number of Topliss-reactive ketones (excluding diaryl/α,β-unsaturated/α-hetero) is 2. The van der Waals surface area contributed by atoms with E-state index in [0.29, 0.717) is 5.75 Å². The molecule has 0 saturated carbocycles. The van der Waals surface area contributed by atoms with Gasteiger partial charge in [0.15, 0.2) is 5.78 Å². The summed E-state index contributed by atoms with van der Waals surface area (Å²) in [7, 11) is 1.43. The number of halogens is 2. The molecule has 0 amide bonds. The molecule has 0 aliphatic carbocycles. The normalized spacial score (nSPS) is 9.87. The van der Waals surface area contributed by atoms with Crippen molar-refractivity contribution in [2.24, 2.45) is 0 Å². The molecule has 0 radical (unpaired) electrons. The van der Waals surface area contributed by atoms with Crippen LogP contribution in [0.15, 0.2) is 12.1 Å². The van der Waals surface area contributed by atoms with Gasteiger partial charge in [-0.05, 0) is 6.07 Å². The van der Waals surface area contributed by atoms with Crippen molar-refractivity contribution in [3.05, 3.63) is 27.7 Å². The molecule has 1 rings (SSSR count). The van der Waals surface area contributed by atoms with Crippen molar-refractivity contribution in [2.75, 3.05) is 7.11 Å². The summed E-state index contributed by atoms with van der Waals surface area (Å²) < 4.78 is 4.91. The third-order valence-electron chi connectivity index (χ3n) is 1.81. The zero-order chi connectivity index (χ0) is 11.6. The molecule has 0 spiro atoms. The number of methoxy groups -OCH3 is 1. The fraction of sp³-hybridized carbons (Fsp3) is 0.200. The molecule has 3 nitrogen and oxygen atoms in total. The SMILES string of the molecule is COc1cc(Cl)c(C(=O)C(C)=O)cc1Cl. The summed E-state index contributed by atoms with van der Waals surface area (Å²) in [6, 6.07) is 2.73. The van der Waals surface area contributed by atoms with Crippen molar-refractivity contribution in [2.45, 2.75) is 6.92 Å². The summed E-state index contributed by atoms with van der Waals surface area (Å²) in [5.41, 5.74) is 0.0926. The Labute approximate surface area is 96.9 Å². The minimum atomic E-state index is -0.662. The Bertz CT molecular complexity index is 427. The van der Waals surface area contributed by atoms with E-state index in [1.54, 1.807) is 0 Å². The lowest BCUT2D eigenvalue weighted by Crippen LogP contribution is -2.10. The average molecular weight is 247 g/mol. The molecule has 15 heavy (non-hydrogen) atoms. The molecule has 0 bridgehead atoms. The maximum Gasteiger partial charge on any atom is 0.229 e. The fourth-order valence-corrected chi connectivity index (χ4v) is 1.53. The van der Waals surface area contributed by atoms with E-state index in [1.165, 1.54) is 26.2 Å². The van der Waals surface area contributed by atoms with E-state index in [9.17, 15) is 9.59 Å². The van der Waals surface area contributed by atoms with Crippen LogP contribution >= 0.6 is 23.2 Å². The molecule has 0 N–H and O–H groups in total. The van der Waals surface area contributed by atoms with Crippen LogP contribution in [0.25, 0.3) is 0 Å². The second-order valence-corrected chi connectivity index (χ2v) is 3.67. The van der Waals surface area contributed by atoms with E-state index >= 15 is 0 Å². The lowest BCUT2D eigenvalue weighted by Gasteiger charge is -2.06. The Hall–Kier alpha value is -1.06. The van der Waals surface area contributed by atoms with Crippen molar-refractivity contribution in [1.82, 2.24) is 0 Å². The number of carbonyl (C=O) groups excluding carboxylic acids is 2. The average Bonchev–Trinajstić information content (AvgIpc) is 2.19. The smallest absolute Gasteiger partial charge is 0.229 e. The van der Waals surface area contributed by atoms with E-state index in [4.69, 9.17) is 27.9 Å². The van der Waals surface area contributed by atoms with Gasteiger partial charge in [-0.25, -0.2) is 0 Å². The minimum Gasteiger partial charge on any atom is -0.495 e. The summed E-state index contributed by atoms with van der Waals surface area (Å²) >= 11 is 11.6. The topological polar surface area (TPSA) is 43.4 Å². The van der Waals surface area contributed by atoms with Gasteiger partial charge in [0.1, 0.15) is 5.75 Å². The number of ketones is 2. The number of rotatable bonds is 3.